The molecular formula is C70H138N2O6P+. The average molecular weight is 1130 g/mol. The smallest absolute Gasteiger partial charge is 0.387 e. The Morgan fingerprint density at radius 2 is 0.696 bits per heavy atom. The molecule has 0 aliphatic heterocycles. The number of allylic oxidation sites excluding steroid dienone is 5. The van der Waals surface area contributed by atoms with Crippen LogP contribution in [0, 0.1) is 0 Å². The second-order valence-corrected chi connectivity index (χ2v) is 26.7. The molecule has 0 aromatic rings. The van der Waals surface area contributed by atoms with Crippen molar-refractivity contribution in [2.45, 2.75) is 366 Å². The Balaban J connectivity index is 4.11. The largest absolute Gasteiger partial charge is 0.472 e. The fraction of sp³-hybridized carbons (Fsp3) is 0.900. The van der Waals surface area contributed by atoms with Crippen LogP contribution in [0.4, 0.5) is 0 Å². The molecule has 0 aliphatic rings. The van der Waals surface area contributed by atoms with E-state index in [0.29, 0.717) is 17.4 Å². The standard InChI is InChI=1S/C70H137N2O6P/c1-6-8-10-12-14-16-18-20-22-24-26-28-30-32-33-34-35-36-37-38-40-41-43-45-47-49-51-53-55-57-59-61-63-69(73)68(67-78-79(75,76)77-66-65-72(3,4)5)71-70(74)64-62-60-58-56-54-52-50-48-46-44-42-39-31-29-27-25-23-21-19-17-15-13-11-9-7-2/h45,47,53,55,61,63,68-69,73H,6-44,46,48-52,54,56-60,62,64-67H2,1-5H3,(H-,71,74,75,76)/p+1/b47-45+,55-53+,63-61+. The van der Waals surface area contributed by atoms with Crippen molar-refractivity contribution >= 4 is 13.7 Å². The summed E-state index contributed by atoms with van der Waals surface area (Å²) >= 11 is 0. The van der Waals surface area contributed by atoms with Gasteiger partial charge in [0, 0.05) is 6.42 Å². The van der Waals surface area contributed by atoms with Gasteiger partial charge in [-0.1, -0.05) is 339 Å². The number of unbranched alkanes of at least 4 members (excludes halogenated alkanes) is 48. The molecule has 3 N–H and O–H groups in total. The molecule has 0 heterocycles. The van der Waals surface area contributed by atoms with Crippen LogP contribution < -0.4 is 5.32 Å². The number of phosphoric ester groups is 1. The van der Waals surface area contributed by atoms with Gasteiger partial charge in [-0.15, -0.1) is 0 Å². The molecule has 0 radical (unpaired) electrons. The second-order valence-electron chi connectivity index (χ2n) is 25.3. The molecule has 0 fully saturated rings. The number of rotatable bonds is 65. The van der Waals surface area contributed by atoms with Gasteiger partial charge in [-0.2, -0.15) is 0 Å². The van der Waals surface area contributed by atoms with Gasteiger partial charge in [-0.25, -0.2) is 4.57 Å². The number of amides is 1. The zero-order valence-electron chi connectivity index (χ0n) is 53.6. The zero-order chi connectivity index (χ0) is 57.7. The number of aliphatic hydroxyl groups excluding tert-OH is 1. The van der Waals surface area contributed by atoms with Crippen molar-refractivity contribution in [3.8, 4) is 0 Å². The molecule has 0 aromatic heterocycles. The number of quaternary nitrogens is 1. The minimum Gasteiger partial charge on any atom is -0.387 e. The molecule has 468 valence electrons. The number of aliphatic hydroxyl groups is 1. The third kappa shape index (κ3) is 64.1. The Hall–Kier alpha value is -1.28. The van der Waals surface area contributed by atoms with Crippen molar-refractivity contribution in [3.05, 3.63) is 36.5 Å². The Morgan fingerprint density at radius 1 is 0.418 bits per heavy atom. The summed E-state index contributed by atoms with van der Waals surface area (Å²) in [7, 11) is 1.56. The number of carbonyl (C=O) groups excluding carboxylic acids is 1. The van der Waals surface area contributed by atoms with E-state index in [4.69, 9.17) is 9.05 Å². The molecule has 0 saturated heterocycles. The quantitative estimate of drug-likeness (QED) is 0.0243. The van der Waals surface area contributed by atoms with Gasteiger partial charge in [0.15, 0.2) is 0 Å². The molecule has 0 aromatic carbocycles. The van der Waals surface area contributed by atoms with Gasteiger partial charge in [-0.05, 0) is 44.9 Å². The van der Waals surface area contributed by atoms with Crippen LogP contribution in [0.5, 0.6) is 0 Å². The molecule has 3 atom stereocenters. The Labute approximate surface area is 493 Å². The first kappa shape index (κ1) is 77.7. The third-order valence-electron chi connectivity index (χ3n) is 16.1. The topological polar surface area (TPSA) is 105 Å². The van der Waals surface area contributed by atoms with E-state index in [1.54, 1.807) is 6.08 Å². The van der Waals surface area contributed by atoms with Crippen molar-refractivity contribution in [2.24, 2.45) is 0 Å². The molecule has 3 unspecified atom stereocenters. The van der Waals surface area contributed by atoms with Crippen LogP contribution in [0.2, 0.25) is 0 Å². The highest BCUT2D eigenvalue weighted by Crippen LogP contribution is 2.43. The number of carbonyl (C=O) groups is 1. The molecule has 0 spiro atoms. The van der Waals surface area contributed by atoms with Crippen LogP contribution >= 0.6 is 7.82 Å². The highest BCUT2D eigenvalue weighted by molar-refractivity contribution is 7.47. The van der Waals surface area contributed by atoms with Gasteiger partial charge < -0.3 is 19.8 Å². The van der Waals surface area contributed by atoms with Gasteiger partial charge in [-0.3, -0.25) is 13.8 Å². The summed E-state index contributed by atoms with van der Waals surface area (Å²) < 4.78 is 23.8. The minimum atomic E-state index is -4.36. The predicted molar refractivity (Wildman–Crippen MR) is 346 cm³/mol. The van der Waals surface area contributed by atoms with Crippen molar-refractivity contribution in [1.82, 2.24) is 5.32 Å². The molecule has 0 rings (SSSR count). The number of phosphoric acid groups is 1. The molecule has 9 heteroatoms. The predicted octanol–water partition coefficient (Wildman–Crippen LogP) is 22.1. The summed E-state index contributed by atoms with van der Waals surface area (Å²) in [5, 5.41) is 14.0. The lowest BCUT2D eigenvalue weighted by Gasteiger charge is -2.25. The Kier molecular flexibility index (Phi) is 60.3. The van der Waals surface area contributed by atoms with Crippen LogP contribution in [-0.4, -0.2) is 73.4 Å². The summed E-state index contributed by atoms with van der Waals surface area (Å²) in [5.74, 6) is -0.183. The van der Waals surface area contributed by atoms with Crippen molar-refractivity contribution in [1.29, 1.82) is 0 Å². The average Bonchev–Trinajstić information content (AvgIpc) is 3.42. The lowest BCUT2D eigenvalue weighted by Crippen LogP contribution is -2.45. The molecule has 0 bridgehead atoms. The second kappa shape index (κ2) is 61.3. The summed E-state index contributed by atoms with van der Waals surface area (Å²) in [6.45, 7) is 4.85. The highest BCUT2D eigenvalue weighted by atomic mass is 31.2. The van der Waals surface area contributed by atoms with E-state index in [2.05, 4.69) is 43.5 Å². The van der Waals surface area contributed by atoms with Crippen molar-refractivity contribution in [3.63, 3.8) is 0 Å². The molecule has 8 nitrogen and oxygen atoms in total. The Morgan fingerprint density at radius 3 is 1.01 bits per heavy atom. The maximum absolute atomic E-state index is 13.0. The van der Waals surface area contributed by atoms with Crippen molar-refractivity contribution < 1.29 is 32.9 Å². The van der Waals surface area contributed by atoms with E-state index in [-0.39, 0.29) is 19.1 Å². The lowest BCUT2D eigenvalue weighted by atomic mass is 10.0. The molecule has 1 amide bonds. The number of nitrogens with zero attached hydrogens (tertiary/aromatic N) is 1. The third-order valence-corrected chi connectivity index (χ3v) is 17.1. The first-order valence-electron chi connectivity index (χ1n) is 34.9. The van der Waals surface area contributed by atoms with Gasteiger partial charge in [0.25, 0.3) is 0 Å². The van der Waals surface area contributed by atoms with E-state index in [9.17, 15) is 19.4 Å². The number of likely N-dealkylation sites (N-methyl/N-ethyl adjacent to an activating group) is 1. The van der Waals surface area contributed by atoms with Gasteiger partial charge in [0.1, 0.15) is 13.2 Å². The van der Waals surface area contributed by atoms with Gasteiger partial charge in [0.05, 0.1) is 39.9 Å². The maximum atomic E-state index is 13.0. The molecule has 79 heavy (non-hydrogen) atoms. The zero-order valence-corrected chi connectivity index (χ0v) is 54.5. The fourth-order valence-electron chi connectivity index (χ4n) is 10.7. The fourth-order valence-corrected chi connectivity index (χ4v) is 11.4. The summed E-state index contributed by atoms with van der Waals surface area (Å²) in [6, 6.07) is -0.869. The monoisotopic (exact) mass is 1130 g/mol. The minimum absolute atomic E-state index is 0.0554. The summed E-state index contributed by atoms with van der Waals surface area (Å²) in [5.41, 5.74) is 0. The molecule has 0 saturated carbocycles. The van der Waals surface area contributed by atoms with Crippen LogP contribution in [0.3, 0.4) is 0 Å². The van der Waals surface area contributed by atoms with E-state index in [0.717, 1.165) is 44.9 Å². The number of hydrogen-bond donors (Lipinski definition) is 3. The SMILES string of the molecule is CCCCCCCCCCCCCCCCCCCCCCCC/C=C/CC/C=C/CC/C=C/C(O)C(COP(=O)(O)OCC[N+](C)(C)C)NC(=O)CCCCCCCCCCCCCCCCCCCCCCCCCCC. The summed E-state index contributed by atoms with van der Waals surface area (Å²) in [4.78, 5) is 23.4. The maximum Gasteiger partial charge on any atom is 0.472 e. The van der Waals surface area contributed by atoms with E-state index in [1.165, 1.54) is 289 Å². The Bertz CT molecular complexity index is 1380. The number of nitrogens with one attached hydrogen (secondary N) is 1. The van der Waals surface area contributed by atoms with Crippen LogP contribution in [-0.2, 0) is 18.4 Å². The number of hydrogen-bond acceptors (Lipinski definition) is 5. The highest BCUT2D eigenvalue weighted by Gasteiger charge is 2.28. The molecular weight excluding hydrogens is 996 g/mol. The van der Waals surface area contributed by atoms with Gasteiger partial charge in [0.2, 0.25) is 5.91 Å². The van der Waals surface area contributed by atoms with Gasteiger partial charge >= 0.3 is 7.82 Å². The van der Waals surface area contributed by atoms with Crippen LogP contribution in [0.25, 0.3) is 0 Å². The normalized spacial score (nSPS) is 13.9. The molecule has 0 aliphatic carbocycles. The first-order valence-corrected chi connectivity index (χ1v) is 36.4. The van der Waals surface area contributed by atoms with E-state index >= 15 is 0 Å². The lowest BCUT2D eigenvalue weighted by molar-refractivity contribution is -0.870. The first-order chi connectivity index (χ1) is 38.5. The van der Waals surface area contributed by atoms with Crippen LogP contribution in [0.15, 0.2) is 36.5 Å². The summed E-state index contributed by atoms with van der Waals surface area (Å²) in [6.07, 6.45) is 81.6. The van der Waals surface area contributed by atoms with Crippen LogP contribution in [0.1, 0.15) is 354 Å². The van der Waals surface area contributed by atoms with Crippen molar-refractivity contribution in [2.75, 3.05) is 40.9 Å². The van der Waals surface area contributed by atoms with E-state index < -0.39 is 20.0 Å². The van der Waals surface area contributed by atoms with E-state index in [1.807, 2.05) is 27.2 Å².